The summed E-state index contributed by atoms with van der Waals surface area (Å²) in [6.45, 7) is 4.77. The standard InChI is InChI=1S/C20H18O8.2C18H21FN4O3/c1-11-3-7-13(8-4-11)19(25)27-15(17(21)22)16(18(23)24)28-20(26)14-9-5-12(2)6-10-14;2*1-20-13-4-2-3-9-23-16(13)22-14(15(24)18(23)26)17(25)21-10-11-5-7-12(19)8-6-11/h3-10,15-16H,1-2H3,(H,21,22)(H,23,24);2*5-8,13,20,24H,2-4,9-10H2,1H3,(H,21,25)/p-1/t15-,16-;13-;/m10./s1. The number of aromatic hydroxyl groups is 2. The molecule has 1 unspecified atom stereocenters. The molecular formula is C56H59F2N8O14-. The minimum atomic E-state index is -2.40. The first kappa shape index (κ1) is 60.1. The average molecular weight is 1110 g/mol. The molecule has 0 spiro atoms. The van der Waals surface area contributed by atoms with Gasteiger partial charge in [0, 0.05) is 32.6 Å². The second-order valence-electron chi connectivity index (χ2n) is 18.7. The quantitative estimate of drug-likeness (QED) is 0.0793. The van der Waals surface area contributed by atoms with Crippen molar-refractivity contribution in [3.63, 3.8) is 0 Å². The molecule has 22 nitrogen and oxygen atoms in total. The van der Waals surface area contributed by atoms with Gasteiger partial charge in [0.15, 0.2) is 29.4 Å². The van der Waals surface area contributed by atoms with Gasteiger partial charge in [-0.3, -0.25) is 28.3 Å². The fourth-order valence-electron chi connectivity index (χ4n) is 8.47. The Labute approximate surface area is 456 Å². The van der Waals surface area contributed by atoms with Crippen molar-refractivity contribution in [3.05, 3.63) is 186 Å². The monoisotopic (exact) mass is 1110 g/mol. The summed E-state index contributed by atoms with van der Waals surface area (Å²) in [6.07, 6.45) is 0.360. The van der Waals surface area contributed by atoms with Gasteiger partial charge in [-0.25, -0.2) is 28.3 Å². The number of ether oxygens (including phenoxy) is 2. The molecule has 0 bridgehead atoms. The molecule has 8 rings (SSSR count). The van der Waals surface area contributed by atoms with Crippen LogP contribution in [0.15, 0.2) is 107 Å². The number of quaternary nitrogens is 1. The zero-order valence-electron chi connectivity index (χ0n) is 44.0. The number of aliphatic carboxylic acids is 2. The molecule has 2 amide bonds. The van der Waals surface area contributed by atoms with Crippen LogP contribution in [0.4, 0.5) is 8.78 Å². The maximum absolute atomic E-state index is 12.9. The van der Waals surface area contributed by atoms with Gasteiger partial charge in [-0.2, -0.15) is 0 Å². The number of halogens is 2. The molecule has 2 aliphatic rings. The predicted molar refractivity (Wildman–Crippen MR) is 276 cm³/mol. The summed E-state index contributed by atoms with van der Waals surface area (Å²) >= 11 is 0. The van der Waals surface area contributed by atoms with E-state index in [2.05, 4.69) is 25.9 Å². The average Bonchev–Trinajstić information content (AvgIpc) is 3.80. The fourth-order valence-corrected chi connectivity index (χ4v) is 8.47. The number of carbonyl (C=O) groups is 6. The summed E-state index contributed by atoms with van der Waals surface area (Å²) < 4.78 is 38.2. The Morgan fingerprint density at radius 2 is 1.01 bits per heavy atom. The van der Waals surface area contributed by atoms with Crippen LogP contribution in [0.1, 0.15) is 126 Å². The number of carboxylic acid groups (broad SMARTS) is 2. The van der Waals surface area contributed by atoms with Crippen molar-refractivity contribution in [2.75, 3.05) is 14.1 Å². The summed E-state index contributed by atoms with van der Waals surface area (Å²) in [4.78, 5) is 105. The van der Waals surface area contributed by atoms with Crippen LogP contribution in [0.2, 0.25) is 0 Å². The molecule has 4 atom stereocenters. The molecule has 0 saturated carbocycles. The van der Waals surface area contributed by atoms with Crippen LogP contribution in [0.3, 0.4) is 0 Å². The number of aryl methyl sites for hydroxylation is 2. The lowest BCUT2D eigenvalue weighted by atomic mass is 10.1. The number of esters is 2. The summed E-state index contributed by atoms with van der Waals surface area (Å²) in [5.74, 6) is -8.66. The van der Waals surface area contributed by atoms with E-state index in [1.54, 1.807) is 69.4 Å². The number of nitrogens with one attached hydrogen (secondary N) is 3. The van der Waals surface area contributed by atoms with Crippen LogP contribution in [-0.4, -0.2) is 91.3 Å². The number of carbonyl (C=O) groups excluding carboxylic acids is 6. The van der Waals surface area contributed by atoms with Gasteiger partial charge in [0.2, 0.25) is 11.5 Å². The highest BCUT2D eigenvalue weighted by molar-refractivity contribution is 5.96. The molecular weight excluding hydrogens is 1050 g/mol. The van der Waals surface area contributed by atoms with E-state index >= 15 is 0 Å². The molecule has 4 aromatic carbocycles. The van der Waals surface area contributed by atoms with Crippen LogP contribution < -0.4 is 42.6 Å². The highest BCUT2D eigenvalue weighted by Crippen LogP contribution is 2.25. The Kier molecular flexibility index (Phi) is 21.0. The lowest BCUT2D eigenvalue weighted by Gasteiger charge is -2.28. The van der Waals surface area contributed by atoms with E-state index in [9.17, 15) is 67.6 Å². The summed E-state index contributed by atoms with van der Waals surface area (Å²) in [6, 6.07) is 23.0. The highest BCUT2D eigenvalue weighted by Gasteiger charge is 2.33. The predicted octanol–water partition coefficient (Wildman–Crippen LogP) is 1.45. The molecule has 7 N–H and O–H groups in total. The number of nitrogens with zero attached hydrogens (tertiary/aromatic N) is 4. The number of fused-ring (bicyclic) bond motifs is 2. The van der Waals surface area contributed by atoms with Crippen molar-refractivity contribution in [1.82, 2.24) is 35.1 Å². The van der Waals surface area contributed by atoms with Crippen molar-refractivity contribution >= 4 is 35.7 Å². The third kappa shape index (κ3) is 15.5. The van der Waals surface area contributed by atoms with Gasteiger partial charge in [0.25, 0.3) is 22.9 Å². The van der Waals surface area contributed by atoms with E-state index < -0.39 is 70.5 Å². The summed E-state index contributed by atoms with van der Waals surface area (Å²) in [5, 5.41) is 53.4. The first-order valence-corrected chi connectivity index (χ1v) is 25.4. The van der Waals surface area contributed by atoms with Gasteiger partial charge < -0.3 is 60.8 Å². The number of carboxylic acids is 2. The Balaban J connectivity index is 0.000000194. The molecule has 0 saturated heterocycles. The Morgan fingerprint density at radius 3 is 1.40 bits per heavy atom. The van der Waals surface area contributed by atoms with Crippen molar-refractivity contribution in [3.8, 4) is 11.5 Å². The number of aromatic nitrogens is 4. The van der Waals surface area contributed by atoms with Crippen LogP contribution >= 0.6 is 0 Å². The van der Waals surface area contributed by atoms with E-state index in [1.807, 2.05) is 12.4 Å². The van der Waals surface area contributed by atoms with E-state index in [-0.39, 0.29) is 59.3 Å². The first-order chi connectivity index (χ1) is 38.2. The SMILES string of the molecule is CNC1CCCCn2c1nc(C(=O)NCc1ccc(F)cc1)c(O)c2=O.C[NH2+][C@H]1CCCCn2c1nc(C(=O)NCc1ccc(F)cc1)c(O)c2=O.Cc1ccc(C(=O)O[C@@H](C(=O)[O-])[C@@H](OC(=O)c2ccc(C)cc2)C(=O)[O-])cc1. The van der Waals surface area contributed by atoms with Crippen LogP contribution in [-0.2, 0) is 45.2 Å². The lowest BCUT2D eigenvalue weighted by molar-refractivity contribution is -0.672. The van der Waals surface area contributed by atoms with E-state index in [1.165, 1.54) is 57.7 Å². The third-order valence-corrected chi connectivity index (χ3v) is 13.0. The van der Waals surface area contributed by atoms with Crippen molar-refractivity contribution in [2.45, 2.75) is 103 Å². The van der Waals surface area contributed by atoms with E-state index in [0.29, 0.717) is 35.9 Å². The number of hydrogen-bond acceptors (Lipinski definition) is 17. The van der Waals surface area contributed by atoms with Gasteiger partial charge in [-0.15, -0.1) is 0 Å². The first-order valence-electron chi connectivity index (χ1n) is 25.4. The van der Waals surface area contributed by atoms with Gasteiger partial charge in [-0.1, -0.05) is 59.7 Å². The second-order valence-corrected chi connectivity index (χ2v) is 18.7. The smallest absolute Gasteiger partial charge is 0.338 e. The van der Waals surface area contributed by atoms with Crippen LogP contribution in [0.25, 0.3) is 0 Å². The van der Waals surface area contributed by atoms with Crippen LogP contribution in [0, 0.1) is 25.5 Å². The maximum atomic E-state index is 12.9. The molecule has 4 heterocycles. The molecule has 0 fully saturated rings. The molecule has 0 radical (unpaired) electrons. The summed E-state index contributed by atoms with van der Waals surface area (Å²) in [5.41, 5.74) is 1.30. The maximum Gasteiger partial charge on any atom is 0.338 e. The topological polar surface area (TPSA) is 330 Å². The van der Waals surface area contributed by atoms with Crippen molar-refractivity contribution in [2.24, 2.45) is 0 Å². The van der Waals surface area contributed by atoms with Gasteiger partial charge in [0.05, 0.1) is 36.2 Å². The number of amides is 2. The third-order valence-electron chi connectivity index (χ3n) is 13.0. The van der Waals surface area contributed by atoms with Gasteiger partial charge >= 0.3 is 11.9 Å². The molecule has 2 aromatic heterocycles. The highest BCUT2D eigenvalue weighted by atomic mass is 19.1. The fraction of sp³-hybridized carbons (Fsp3) is 0.321. The molecule has 422 valence electrons. The number of nitrogens with two attached hydrogens (primary N) is 1. The molecule has 80 heavy (non-hydrogen) atoms. The second kappa shape index (κ2) is 27.9. The number of rotatable bonds is 15. The van der Waals surface area contributed by atoms with Crippen molar-refractivity contribution < 1.29 is 72.8 Å². The minimum absolute atomic E-state index is 0.0150. The largest absolute Gasteiger partial charge is 0.546 e. The Hall–Kier alpha value is -9.16. The van der Waals surface area contributed by atoms with E-state index in [4.69, 9.17) is 9.47 Å². The number of benzene rings is 4. The van der Waals surface area contributed by atoms with Crippen LogP contribution in [0.5, 0.6) is 11.5 Å². The Morgan fingerprint density at radius 1 is 0.625 bits per heavy atom. The Bertz CT molecular complexity index is 3100. The minimum Gasteiger partial charge on any atom is -0.546 e. The van der Waals surface area contributed by atoms with Crippen molar-refractivity contribution in [1.29, 1.82) is 0 Å². The normalized spacial score (nSPS) is 15.2. The molecule has 24 heteroatoms. The molecule has 2 aliphatic heterocycles. The van der Waals surface area contributed by atoms with Gasteiger partial charge in [-0.05, 0) is 113 Å². The van der Waals surface area contributed by atoms with E-state index in [0.717, 1.165) is 49.7 Å². The van der Waals surface area contributed by atoms with Gasteiger partial charge in [0.1, 0.15) is 23.5 Å². The zero-order valence-corrected chi connectivity index (χ0v) is 44.0. The molecule has 0 aliphatic carbocycles. The zero-order chi connectivity index (χ0) is 58.2. The lowest BCUT2D eigenvalue weighted by Crippen LogP contribution is -2.81. The molecule has 6 aromatic rings. The summed E-state index contributed by atoms with van der Waals surface area (Å²) in [7, 11) is 3.67. The number of hydrogen-bond donors (Lipinski definition) is 6.